The molecule has 0 saturated carbocycles. The van der Waals surface area contributed by atoms with Crippen LogP contribution in [0.25, 0.3) is 0 Å². The fraction of sp³-hybridized carbons (Fsp3) is 0.429. The highest BCUT2D eigenvalue weighted by Gasteiger charge is 2.23. The Balaban J connectivity index is 2.50. The van der Waals surface area contributed by atoms with Gasteiger partial charge in [0, 0.05) is 17.3 Å². The second-order valence-corrected chi connectivity index (χ2v) is 5.99. The zero-order valence-electron chi connectivity index (χ0n) is 11.7. The lowest BCUT2D eigenvalue weighted by molar-refractivity contribution is -0.136. The van der Waals surface area contributed by atoms with Gasteiger partial charge in [-0.05, 0) is 23.6 Å². The van der Waals surface area contributed by atoms with Gasteiger partial charge in [-0.1, -0.05) is 38.4 Å². The molecule has 3 N–H and O–H groups in total. The first-order chi connectivity index (χ1) is 9.20. The number of benzene rings is 1. The monoisotopic (exact) mass is 298 g/mol. The molecular formula is C14H19ClN2O3. The molecule has 0 heterocycles. The first-order valence-corrected chi connectivity index (χ1v) is 6.61. The standard InChI is InChI=1S/C14H19ClN2O3/c1-14(2,3)11(18)8-16-12(19)13(20)17-10-6-4-5-9(15)7-10/h4-7,11,18H,8H2,1-3H3,(H,16,19)(H,17,20)/t11-/m1/s1. The SMILES string of the molecule is CC(C)(C)[C@H](O)CNC(=O)C(=O)Nc1cccc(Cl)c1. The Morgan fingerprint density at radius 3 is 2.50 bits per heavy atom. The van der Waals surface area contributed by atoms with E-state index in [2.05, 4.69) is 10.6 Å². The molecule has 2 amide bonds. The smallest absolute Gasteiger partial charge is 0.313 e. The first kappa shape index (κ1) is 16.5. The second-order valence-electron chi connectivity index (χ2n) is 5.56. The van der Waals surface area contributed by atoms with Crippen LogP contribution in [0, 0.1) is 5.41 Å². The topological polar surface area (TPSA) is 78.4 Å². The molecule has 0 bridgehead atoms. The molecule has 0 spiro atoms. The maximum Gasteiger partial charge on any atom is 0.313 e. The summed E-state index contributed by atoms with van der Waals surface area (Å²) in [6, 6.07) is 6.49. The summed E-state index contributed by atoms with van der Waals surface area (Å²) in [6.07, 6.45) is -0.731. The van der Waals surface area contributed by atoms with Crippen molar-refractivity contribution >= 4 is 29.1 Å². The molecule has 0 aliphatic heterocycles. The zero-order chi connectivity index (χ0) is 15.3. The lowest BCUT2D eigenvalue weighted by Crippen LogP contribution is -2.43. The molecular weight excluding hydrogens is 280 g/mol. The molecule has 1 rings (SSSR count). The van der Waals surface area contributed by atoms with Crippen LogP contribution >= 0.6 is 11.6 Å². The number of halogens is 1. The van der Waals surface area contributed by atoms with Crippen molar-refractivity contribution in [2.24, 2.45) is 5.41 Å². The number of anilines is 1. The van der Waals surface area contributed by atoms with E-state index in [9.17, 15) is 14.7 Å². The lowest BCUT2D eigenvalue weighted by Gasteiger charge is -2.25. The molecule has 1 atom stereocenters. The van der Waals surface area contributed by atoms with Gasteiger partial charge in [0.25, 0.3) is 0 Å². The maximum atomic E-state index is 11.6. The van der Waals surface area contributed by atoms with Crippen molar-refractivity contribution in [1.82, 2.24) is 5.32 Å². The summed E-state index contributed by atoms with van der Waals surface area (Å²) in [4.78, 5) is 23.2. The summed E-state index contributed by atoms with van der Waals surface area (Å²) in [7, 11) is 0. The van der Waals surface area contributed by atoms with Gasteiger partial charge in [0.05, 0.1) is 6.10 Å². The molecule has 0 aliphatic rings. The van der Waals surface area contributed by atoms with Crippen LogP contribution in [0.2, 0.25) is 5.02 Å². The van der Waals surface area contributed by atoms with E-state index in [4.69, 9.17) is 11.6 Å². The van der Waals surface area contributed by atoms with Crippen molar-refractivity contribution in [3.63, 3.8) is 0 Å². The Kier molecular flexibility index (Phi) is 5.53. The van der Waals surface area contributed by atoms with Crippen molar-refractivity contribution in [1.29, 1.82) is 0 Å². The zero-order valence-corrected chi connectivity index (χ0v) is 12.5. The minimum atomic E-state index is -0.798. The Morgan fingerprint density at radius 2 is 1.95 bits per heavy atom. The maximum absolute atomic E-state index is 11.6. The van der Waals surface area contributed by atoms with E-state index in [1.807, 2.05) is 20.8 Å². The Hall–Kier alpha value is -1.59. The molecule has 110 valence electrons. The van der Waals surface area contributed by atoms with Crippen LogP contribution in [0.5, 0.6) is 0 Å². The Morgan fingerprint density at radius 1 is 1.30 bits per heavy atom. The van der Waals surface area contributed by atoms with Gasteiger partial charge < -0.3 is 15.7 Å². The molecule has 0 aliphatic carbocycles. The van der Waals surface area contributed by atoms with Gasteiger partial charge in [0.15, 0.2) is 0 Å². The number of aliphatic hydroxyl groups is 1. The highest BCUT2D eigenvalue weighted by atomic mass is 35.5. The number of rotatable bonds is 3. The van der Waals surface area contributed by atoms with Crippen LogP contribution in [0.15, 0.2) is 24.3 Å². The summed E-state index contributed by atoms with van der Waals surface area (Å²) >= 11 is 5.78. The predicted molar refractivity (Wildman–Crippen MR) is 78.6 cm³/mol. The van der Waals surface area contributed by atoms with E-state index in [1.165, 1.54) is 6.07 Å². The van der Waals surface area contributed by atoms with Crippen LogP contribution in [-0.4, -0.2) is 29.6 Å². The predicted octanol–water partition coefficient (Wildman–Crippen LogP) is 1.80. The highest BCUT2D eigenvalue weighted by molar-refractivity contribution is 6.39. The summed E-state index contributed by atoms with van der Waals surface area (Å²) in [5.74, 6) is -1.60. The van der Waals surface area contributed by atoms with Crippen LogP contribution in [0.1, 0.15) is 20.8 Å². The Labute approximate surface area is 123 Å². The number of hydrogen-bond donors (Lipinski definition) is 3. The molecule has 1 aromatic carbocycles. The number of carbonyl (C=O) groups is 2. The minimum absolute atomic E-state index is 0.0191. The third-order valence-corrected chi connectivity index (χ3v) is 2.98. The Bertz CT molecular complexity index is 497. The van der Waals surface area contributed by atoms with E-state index in [1.54, 1.807) is 18.2 Å². The average Bonchev–Trinajstić information content (AvgIpc) is 2.34. The fourth-order valence-corrected chi connectivity index (χ4v) is 1.52. The van der Waals surface area contributed by atoms with Gasteiger partial charge in [-0.2, -0.15) is 0 Å². The third kappa shape index (κ3) is 5.19. The summed E-state index contributed by atoms with van der Waals surface area (Å²) in [5, 5.41) is 15.1. The van der Waals surface area contributed by atoms with Gasteiger partial charge in [-0.15, -0.1) is 0 Å². The summed E-state index contributed by atoms with van der Waals surface area (Å²) in [6.45, 7) is 5.55. The van der Waals surface area contributed by atoms with Crippen LogP contribution in [0.3, 0.4) is 0 Å². The van der Waals surface area contributed by atoms with Gasteiger partial charge in [-0.25, -0.2) is 0 Å². The lowest BCUT2D eigenvalue weighted by atomic mass is 9.89. The van der Waals surface area contributed by atoms with Crippen LogP contribution < -0.4 is 10.6 Å². The minimum Gasteiger partial charge on any atom is -0.391 e. The molecule has 20 heavy (non-hydrogen) atoms. The quantitative estimate of drug-likeness (QED) is 0.745. The molecule has 0 radical (unpaired) electrons. The molecule has 0 saturated heterocycles. The normalized spacial score (nSPS) is 12.7. The van der Waals surface area contributed by atoms with E-state index in [0.717, 1.165) is 0 Å². The summed E-state index contributed by atoms with van der Waals surface area (Å²) in [5.41, 5.74) is 0.0745. The number of aliphatic hydroxyl groups excluding tert-OH is 1. The molecule has 5 nitrogen and oxygen atoms in total. The number of nitrogens with one attached hydrogen (secondary N) is 2. The molecule has 0 fully saturated rings. The van der Waals surface area contributed by atoms with Crippen molar-refractivity contribution in [3.05, 3.63) is 29.3 Å². The second kappa shape index (κ2) is 6.72. The van der Waals surface area contributed by atoms with Crippen molar-refractivity contribution in [2.45, 2.75) is 26.9 Å². The largest absolute Gasteiger partial charge is 0.391 e. The third-order valence-electron chi connectivity index (χ3n) is 2.74. The molecule has 1 aromatic rings. The molecule has 0 unspecified atom stereocenters. The first-order valence-electron chi connectivity index (χ1n) is 6.23. The molecule has 6 heteroatoms. The number of amides is 2. The van der Waals surface area contributed by atoms with E-state index >= 15 is 0 Å². The highest BCUT2D eigenvalue weighted by Crippen LogP contribution is 2.18. The van der Waals surface area contributed by atoms with Gasteiger partial charge in [-0.3, -0.25) is 9.59 Å². The van der Waals surface area contributed by atoms with E-state index < -0.39 is 17.9 Å². The van der Waals surface area contributed by atoms with E-state index in [0.29, 0.717) is 10.7 Å². The van der Waals surface area contributed by atoms with Gasteiger partial charge in [0.1, 0.15) is 0 Å². The van der Waals surface area contributed by atoms with Crippen molar-refractivity contribution in [3.8, 4) is 0 Å². The number of hydrogen-bond acceptors (Lipinski definition) is 3. The number of carbonyl (C=O) groups excluding carboxylic acids is 2. The summed E-state index contributed by atoms with van der Waals surface area (Å²) < 4.78 is 0. The average molecular weight is 299 g/mol. The van der Waals surface area contributed by atoms with Gasteiger partial charge >= 0.3 is 11.8 Å². The molecule has 0 aromatic heterocycles. The van der Waals surface area contributed by atoms with Crippen LogP contribution in [-0.2, 0) is 9.59 Å². The van der Waals surface area contributed by atoms with Gasteiger partial charge in [0.2, 0.25) is 0 Å². The van der Waals surface area contributed by atoms with E-state index in [-0.39, 0.29) is 12.0 Å². The van der Waals surface area contributed by atoms with Crippen LogP contribution in [0.4, 0.5) is 5.69 Å². The fourth-order valence-electron chi connectivity index (χ4n) is 1.33. The van der Waals surface area contributed by atoms with Crippen molar-refractivity contribution < 1.29 is 14.7 Å². The van der Waals surface area contributed by atoms with Crippen molar-refractivity contribution in [2.75, 3.05) is 11.9 Å².